The molecular weight excluding hydrogens is 226 g/mol. The van der Waals surface area contributed by atoms with Crippen LogP contribution >= 0.6 is 11.6 Å². The van der Waals surface area contributed by atoms with Crippen LogP contribution in [0, 0.1) is 6.92 Å². The number of anilines is 1. The molecule has 88 valence electrons. The molecule has 5 heteroatoms. The van der Waals surface area contributed by atoms with E-state index in [0.717, 1.165) is 12.1 Å². The second-order valence-corrected chi connectivity index (χ2v) is 3.86. The zero-order valence-electron chi connectivity index (χ0n) is 9.51. The highest BCUT2D eigenvalue weighted by Crippen LogP contribution is 2.19. The number of hydrogen-bond donors (Lipinski definition) is 2. The minimum atomic E-state index is -0.0600. The summed E-state index contributed by atoms with van der Waals surface area (Å²) in [5.74, 6) is -0.0600. The molecule has 0 atom stereocenters. The van der Waals surface area contributed by atoms with Gasteiger partial charge < -0.3 is 10.6 Å². The normalized spacial score (nSPS) is 10.2. The predicted molar refractivity (Wildman–Crippen MR) is 65.8 cm³/mol. The summed E-state index contributed by atoms with van der Waals surface area (Å²) in [7, 11) is 0. The van der Waals surface area contributed by atoms with Gasteiger partial charge in [-0.25, -0.2) is 4.98 Å². The molecule has 0 aliphatic rings. The molecule has 0 fully saturated rings. The lowest BCUT2D eigenvalue weighted by Gasteiger charge is -2.07. The highest BCUT2D eigenvalue weighted by atomic mass is 35.5. The van der Waals surface area contributed by atoms with Gasteiger partial charge >= 0.3 is 0 Å². The first kappa shape index (κ1) is 12.9. The van der Waals surface area contributed by atoms with Crippen LogP contribution in [0.4, 0.5) is 5.69 Å². The van der Waals surface area contributed by atoms with Crippen LogP contribution in [0.1, 0.15) is 18.9 Å². The van der Waals surface area contributed by atoms with E-state index < -0.39 is 0 Å². The van der Waals surface area contributed by atoms with Gasteiger partial charge in [0, 0.05) is 19.2 Å². The number of pyridine rings is 1. The van der Waals surface area contributed by atoms with E-state index in [4.69, 9.17) is 11.6 Å². The van der Waals surface area contributed by atoms with E-state index in [-0.39, 0.29) is 5.91 Å². The Labute approximate surface area is 100 Å². The van der Waals surface area contributed by atoms with Gasteiger partial charge in [0.25, 0.3) is 0 Å². The zero-order valence-corrected chi connectivity index (χ0v) is 10.3. The Morgan fingerprint density at radius 2 is 2.31 bits per heavy atom. The molecule has 0 saturated carbocycles. The van der Waals surface area contributed by atoms with Crippen LogP contribution in [0.5, 0.6) is 0 Å². The summed E-state index contributed by atoms with van der Waals surface area (Å²) in [6.45, 7) is 5.43. The Morgan fingerprint density at radius 3 is 3.00 bits per heavy atom. The first-order valence-electron chi connectivity index (χ1n) is 5.26. The van der Waals surface area contributed by atoms with Gasteiger partial charge in [0.15, 0.2) is 5.15 Å². The molecule has 1 rings (SSSR count). The minimum absolute atomic E-state index is 0.0600. The lowest BCUT2D eigenvalue weighted by atomic mass is 10.3. The molecule has 0 saturated heterocycles. The summed E-state index contributed by atoms with van der Waals surface area (Å²) in [5, 5.41) is 6.14. The van der Waals surface area contributed by atoms with E-state index in [1.165, 1.54) is 0 Å². The van der Waals surface area contributed by atoms with E-state index in [1.807, 2.05) is 13.8 Å². The fraction of sp³-hybridized carbons (Fsp3) is 0.455. The first-order valence-corrected chi connectivity index (χ1v) is 5.64. The quantitative estimate of drug-likeness (QED) is 0.612. The standard InChI is InChI=1S/C11H16ClN3O/c1-3-13-5-4-10(16)15-9-6-8(2)7-14-11(9)12/h6-7,13H,3-5H2,1-2H3,(H,15,16). The zero-order chi connectivity index (χ0) is 12.0. The average Bonchev–Trinajstić information content (AvgIpc) is 2.24. The molecule has 1 amide bonds. The van der Waals surface area contributed by atoms with Crippen molar-refractivity contribution in [2.45, 2.75) is 20.3 Å². The van der Waals surface area contributed by atoms with Crippen molar-refractivity contribution in [3.05, 3.63) is 23.0 Å². The number of carbonyl (C=O) groups is 1. The monoisotopic (exact) mass is 241 g/mol. The molecule has 1 heterocycles. The van der Waals surface area contributed by atoms with E-state index in [9.17, 15) is 4.79 Å². The maximum atomic E-state index is 11.5. The van der Waals surface area contributed by atoms with Crippen molar-refractivity contribution in [3.8, 4) is 0 Å². The SMILES string of the molecule is CCNCCC(=O)Nc1cc(C)cnc1Cl. The Morgan fingerprint density at radius 1 is 1.56 bits per heavy atom. The number of aromatic nitrogens is 1. The van der Waals surface area contributed by atoms with Gasteiger partial charge in [0.05, 0.1) is 5.69 Å². The van der Waals surface area contributed by atoms with Crippen LogP contribution in [-0.4, -0.2) is 24.0 Å². The Balaban J connectivity index is 2.52. The lowest BCUT2D eigenvalue weighted by Crippen LogP contribution is -2.21. The summed E-state index contributed by atoms with van der Waals surface area (Å²) in [4.78, 5) is 15.5. The predicted octanol–water partition coefficient (Wildman–Crippen LogP) is 1.98. The maximum Gasteiger partial charge on any atom is 0.225 e. The summed E-state index contributed by atoms with van der Waals surface area (Å²) in [6, 6.07) is 1.81. The van der Waals surface area contributed by atoms with Crippen LogP contribution in [0.3, 0.4) is 0 Å². The summed E-state index contributed by atoms with van der Waals surface area (Å²) < 4.78 is 0. The van der Waals surface area contributed by atoms with Crippen molar-refractivity contribution in [1.82, 2.24) is 10.3 Å². The third-order valence-electron chi connectivity index (χ3n) is 2.03. The third kappa shape index (κ3) is 4.16. The van der Waals surface area contributed by atoms with Crippen molar-refractivity contribution in [1.29, 1.82) is 0 Å². The van der Waals surface area contributed by atoms with Crippen LogP contribution in [0.25, 0.3) is 0 Å². The average molecular weight is 242 g/mol. The number of halogens is 1. The summed E-state index contributed by atoms with van der Waals surface area (Å²) in [6.07, 6.45) is 2.09. The smallest absolute Gasteiger partial charge is 0.225 e. The van der Waals surface area contributed by atoms with Gasteiger partial charge in [0.2, 0.25) is 5.91 Å². The van der Waals surface area contributed by atoms with E-state index in [2.05, 4.69) is 15.6 Å². The van der Waals surface area contributed by atoms with Gasteiger partial charge in [0.1, 0.15) is 0 Å². The Hall–Kier alpha value is -1.13. The van der Waals surface area contributed by atoms with Crippen LogP contribution in [-0.2, 0) is 4.79 Å². The van der Waals surface area contributed by atoms with E-state index in [0.29, 0.717) is 23.8 Å². The molecule has 0 bridgehead atoms. The Kier molecular flexibility index (Phi) is 5.22. The van der Waals surface area contributed by atoms with Crippen molar-refractivity contribution in [3.63, 3.8) is 0 Å². The van der Waals surface area contributed by atoms with E-state index >= 15 is 0 Å². The van der Waals surface area contributed by atoms with E-state index in [1.54, 1.807) is 12.3 Å². The molecule has 1 aromatic rings. The fourth-order valence-corrected chi connectivity index (χ4v) is 1.38. The van der Waals surface area contributed by atoms with Gasteiger partial charge in [-0.3, -0.25) is 4.79 Å². The number of nitrogens with zero attached hydrogens (tertiary/aromatic N) is 1. The fourth-order valence-electron chi connectivity index (χ4n) is 1.23. The molecule has 0 aliphatic heterocycles. The number of carbonyl (C=O) groups excluding carboxylic acids is 1. The van der Waals surface area contributed by atoms with Crippen molar-refractivity contribution in [2.75, 3.05) is 18.4 Å². The molecule has 2 N–H and O–H groups in total. The topological polar surface area (TPSA) is 54.0 Å². The molecule has 0 aromatic carbocycles. The van der Waals surface area contributed by atoms with Gasteiger partial charge in [-0.15, -0.1) is 0 Å². The molecule has 1 aromatic heterocycles. The van der Waals surface area contributed by atoms with Crippen LogP contribution < -0.4 is 10.6 Å². The van der Waals surface area contributed by atoms with Gasteiger partial charge in [-0.05, 0) is 25.1 Å². The molecule has 0 unspecified atom stereocenters. The first-order chi connectivity index (χ1) is 7.63. The molecule has 4 nitrogen and oxygen atoms in total. The largest absolute Gasteiger partial charge is 0.323 e. The van der Waals surface area contributed by atoms with Crippen molar-refractivity contribution in [2.24, 2.45) is 0 Å². The summed E-state index contributed by atoms with van der Waals surface area (Å²) in [5.41, 5.74) is 1.54. The molecule has 16 heavy (non-hydrogen) atoms. The maximum absolute atomic E-state index is 11.5. The van der Waals surface area contributed by atoms with Gasteiger partial charge in [-0.2, -0.15) is 0 Å². The third-order valence-corrected chi connectivity index (χ3v) is 2.33. The lowest BCUT2D eigenvalue weighted by molar-refractivity contribution is -0.116. The highest BCUT2D eigenvalue weighted by molar-refractivity contribution is 6.32. The molecular formula is C11H16ClN3O. The van der Waals surface area contributed by atoms with Crippen molar-refractivity contribution < 1.29 is 4.79 Å². The minimum Gasteiger partial charge on any atom is -0.323 e. The molecule has 0 spiro atoms. The highest BCUT2D eigenvalue weighted by Gasteiger charge is 2.06. The second-order valence-electron chi connectivity index (χ2n) is 3.50. The Bertz CT molecular complexity index is 368. The number of amides is 1. The molecule has 0 radical (unpaired) electrons. The van der Waals surface area contributed by atoms with Crippen molar-refractivity contribution >= 4 is 23.2 Å². The molecule has 0 aliphatic carbocycles. The number of nitrogens with one attached hydrogen (secondary N) is 2. The number of aryl methyl sites for hydroxylation is 1. The second kappa shape index (κ2) is 6.45. The van der Waals surface area contributed by atoms with Gasteiger partial charge in [-0.1, -0.05) is 18.5 Å². The summed E-state index contributed by atoms with van der Waals surface area (Å²) >= 11 is 5.86. The number of rotatable bonds is 5. The number of hydrogen-bond acceptors (Lipinski definition) is 3. The van der Waals surface area contributed by atoms with Crippen LogP contribution in [0.2, 0.25) is 5.15 Å². The van der Waals surface area contributed by atoms with Crippen LogP contribution in [0.15, 0.2) is 12.3 Å².